The van der Waals surface area contributed by atoms with Gasteiger partial charge in [0, 0.05) is 5.75 Å². The van der Waals surface area contributed by atoms with Gasteiger partial charge in [-0.05, 0) is 16.4 Å². The smallest absolute Gasteiger partial charge is 0.307 e. The van der Waals surface area contributed by atoms with Crippen molar-refractivity contribution in [3.05, 3.63) is 35.4 Å². The minimum absolute atomic E-state index is 0.120. The summed E-state index contributed by atoms with van der Waals surface area (Å²) >= 11 is 1.83. The molecule has 0 atom stereocenters. The Labute approximate surface area is 94.7 Å². The third-order valence-electron chi connectivity index (χ3n) is 2.03. The van der Waals surface area contributed by atoms with E-state index in [0.29, 0.717) is 5.25 Å². The fourth-order valence-electron chi connectivity index (χ4n) is 1.29. The summed E-state index contributed by atoms with van der Waals surface area (Å²) in [6.07, 6.45) is 0.120. The summed E-state index contributed by atoms with van der Waals surface area (Å²) in [5, 5.41) is 9.33. The van der Waals surface area contributed by atoms with E-state index in [2.05, 4.69) is 13.8 Å². The second-order valence-electron chi connectivity index (χ2n) is 3.70. The number of hydrogen-bond acceptors (Lipinski definition) is 2. The highest BCUT2D eigenvalue weighted by molar-refractivity contribution is 7.99. The van der Waals surface area contributed by atoms with E-state index in [0.717, 1.165) is 16.9 Å². The van der Waals surface area contributed by atoms with E-state index in [1.54, 1.807) is 0 Å². The van der Waals surface area contributed by atoms with Gasteiger partial charge in [-0.15, -0.1) is 0 Å². The largest absolute Gasteiger partial charge is 0.481 e. The molecule has 0 aliphatic rings. The van der Waals surface area contributed by atoms with Crippen LogP contribution in [0.4, 0.5) is 0 Å². The molecule has 15 heavy (non-hydrogen) atoms. The van der Waals surface area contributed by atoms with Crippen LogP contribution in [0.1, 0.15) is 25.0 Å². The molecule has 0 aliphatic carbocycles. The SMILES string of the molecule is CC(C)SCc1ccccc1CC(=O)O. The number of carboxylic acids is 1. The maximum Gasteiger partial charge on any atom is 0.307 e. The number of hydrogen-bond donors (Lipinski definition) is 1. The zero-order valence-electron chi connectivity index (χ0n) is 9.06. The van der Waals surface area contributed by atoms with Crippen molar-refractivity contribution in [2.75, 3.05) is 0 Å². The highest BCUT2D eigenvalue weighted by Crippen LogP contribution is 2.20. The lowest BCUT2D eigenvalue weighted by molar-refractivity contribution is -0.136. The van der Waals surface area contributed by atoms with Crippen molar-refractivity contribution in [1.29, 1.82) is 0 Å². The van der Waals surface area contributed by atoms with E-state index in [9.17, 15) is 4.79 Å². The van der Waals surface area contributed by atoms with Gasteiger partial charge in [0.2, 0.25) is 0 Å². The highest BCUT2D eigenvalue weighted by atomic mass is 32.2. The van der Waals surface area contributed by atoms with E-state index in [1.165, 1.54) is 0 Å². The molecule has 0 fully saturated rings. The first-order chi connectivity index (χ1) is 7.09. The number of carbonyl (C=O) groups is 1. The van der Waals surface area contributed by atoms with Gasteiger partial charge in [0.1, 0.15) is 0 Å². The second-order valence-corrected chi connectivity index (χ2v) is 5.26. The molecule has 0 spiro atoms. The van der Waals surface area contributed by atoms with Gasteiger partial charge in [0.25, 0.3) is 0 Å². The lowest BCUT2D eigenvalue weighted by Crippen LogP contribution is -2.03. The summed E-state index contributed by atoms with van der Waals surface area (Å²) in [6, 6.07) is 7.75. The predicted octanol–water partition coefficient (Wildman–Crippen LogP) is 2.96. The molecule has 0 aromatic heterocycles. The number of thioether (sulfide) groups is 1. The lowest BCUT2D eigenvalue weighted by atomic mass is 10.1. The molecule has 0 saturated carbocycles. The van der Waals surface area contributed by atoms with E-state index in [1.807, 2.05) is 36.0 Å². The van der Waals surface area contributed by atoms with Crippen molar-refractivity contribution >= 4 is 17.7 Å². The van der Waals surface area contributed by atoms with Crippen LogP contribution < -0.4 is 0 Å². The summed E-state index contributed by atoms with van der Waals surface area (Å²) in [7, 11) is 0. The lowest BCUT2D eigenvalue weighted by Gasteiger charge is -2.09. The summed E-state index contributed by atoms with van der Waals surface area (Å²) in [5.74, 6) is 0.123. The number of aliphatic carboxylic acids is 1. The summed E-state index contributed by atoms with van der Waals surface area (Å²) in [4.78, 5) is 10.7. The maximum absolute atomic E-state index is 10.7. The molecule has 82 valence electrons. The molecule has 3 heteroatoms. The predicted molar refractivity (Wildman–Crippen MR) is 64.2 cm³/mol. The van der Waals surface area contributed by atoms with Gasteiger partial charge < -0.3 is 5.11 Å². The van der Waals surface area contributed by atoms with Crippen molar-refractivity contribution in [1.82, 2.24) is 0 Å². The summed E-state index contributed by atoms with van der Waals surface area (Å²) in [5.41, 5.74) is 2.07. The molecule has 0 heterocycles. The summed E-state index contributed by atoms with van der Waals surface area (Å²) in [6.45, 7) is 4.29. The first-order valence-corrected chi connectivity index (χ1v) is 6.04. The van der Waals surface area contributed by atoms with Gasteiger partial charge in [-0.1, -0.05) is 38.1 Å². The van der Waals surface area contributed by atoms with Gasteiger partial charge in [-0.25, -0.2) is 0 Å². The first-order valence-electron chi connectivity index (χ1n) is 4.99. The molecule has 1 N–H and O–H groups in total. The molecule has 0 aliphatic heterocycles. The van der Waals surface area contributed by atoms with Gasteiger partial charge in [0.15, 0.2) is 0 Å². The maximum atomic E-state index is 10.7. The minimum atomic E-state index is -0.767. The van der Waals surface area contributed by atoms with Gasteiger partial charge >= 0.3 is 5.97 Å². The second kappa shape index (κ2) is 5.81. The van der Waals surface area contributed by atoms with Crippen LogP contribution in [0.25, 0.3) is 0 Å². The third-order valence-corrected chi connectivity index (χ3v) is 3.18. The Hall–Kier alpha value is -0.960. The van der Waals surface area contributed by atoms with Crippen LogP contribution in [0.3, 0.4) is 0 Å². The Morgan fingerprint density at radius 3 is 2.47 bits per heavy atom. The van der Waals surface area contributed by atoms with Crippen LogP contribution in [0.2, 0.25) is 0 Å². The topological polar surface area (TPSA) is 37.3 Å². The number of rotatable bonds is 5. The zero-order chi connectivity index (χ0) is 11.3. The monoisotopic (exact) mass is 224 g/mol. The molecule has 1 rings (SSSR count). The van der Waals surface area contributed by atoms with Gasteiger partial charge in [-0.3, -0.25) is 4.79 Å². The Kier molecular flexibility index (Phi) is 4.69. The van der Waals surface area contributed by atoms with E-state index in [-0.39, 0.29) is 6.42 Å². The molecule has 0 radical (unpaired) electrons. The van der Waals surface area contributed by atoms with E-state index < -0.39 is 5.97 Å². The van der Waals surface area contributed by atoms with Crippen LogP contribution >= 0.6 is 11.8 Å². The normalized spacial score (nSPS) is 10.6. The van der Waals surface area contributed by atoms with Crippen molar-refractivity contribution in [2.24, 2.45) is 0 Å². The number of benzene rings is 1. The summed E-state index contributed by atoms with van der Waals surface area (Å²) < 4.78 is 0. The minimum Gasteiger partial charge on any atom is -0.481 e. The first kappa shape index (κ1) is 12.1. The van der Waals surface area contributed by atoms with Crippen LogP contribution in [0, 0.1) is 0 Å². The standard InChI is InChI=1S/C12H16O2S/c1-9(2)15-8-11-6-4-3-5-10(11)7-12(13)14/h3-6,9H,7-8H2,1-2H3,(H,13,14). The average Bonchev–Trinajstić information content (AvgIpc) is 2.15. The molecule has 0 amide bonds. The molecular weight excluding hydrogens is 208 g/mol. The zero-order valence-corrected chi connectivity index (χ0v) is 9.88. The van der Waals surface area contributed by atoms with Crippen molar-refractivity contribution in [2.45, 2.75) is 31.3 Å². The van der Waals surface area contributed by atoms with Crippen LogP contribution in [0.15, 0.2) is 24.3 Å². The van der Waals surface area contributed by atoms with Crippen LogP contribution in [-0.2, 0) is 17.0 Å². The fourth-order valence-corrected chi connectivity index (χ4v) is 2.08. The van der Waals surface area contributed by atoms with Gasteiger partial charge in [0.05, 0.1) is 6.42 Å². The van der Waals surface area contributed by atoms with Crippen molar-refractivity contribution < 1.29 is 9.90 Å². The van der Waals surface area contributed by atoms with E-state index in [4.69, 9.17) is 5.11 Å². The van der Waals surface area contributed by atoms with Crippen LogP contribution in [0.5, 0.6) is 0 Å². The Morgan fingerprint density at radius 2 is 1.93 bits per heavy atom. The van der Waals surface area contributed by atoms with Crippen LogP contribution in [-0.4, -0.2) is 16.3 Å². The molecule has 0 bridgehead atoms. The van der Waals surface area contributed by atoms with Crippen molar-refractivity contribution in [3.63, 3.8) is 0 Å². The molecule has 1 aromatic rings. The molecule has 0 unspecified atom stereocenters. The molecule has 1 aromatic carbocycles. The third kappa shape index (κ3) is 4.38. The Balaban J connectivity index is 2.72. The quantitative estimate of drug-likeness (QED) is 0.835. The van der Waals surface area contributed by atoms with Crippen molar-refractivity contribution in [3.8, 4) is 0 Å². The fraction of sp³-hybridized carbons (Fsp3) is 0.417. The molecule has 0 saturated heterocycles. The molecule has 2 nitrogen and oxygen atoms in total. The number of carboxylic acid groups (broad SMARTS) is 1. The highest BCUT2D eigenvalue weighted by Gasteiger charge is 2.06. The average molecular weight is 224 g/mol. The molecular formula is C12H16O2S. The Morgan fingerprint density at radius 1 is 1.33 bits per heavy atom. The van der Waals surface area contributed by atoms with E-state index >= 15 is 0 Å². The van der Waals surface area contributed by atoms with Gasteiger partial charge in [-0.2, -0.15) is 11.8 Å². The Bertz CT molecular complexity index is 334.